The average molecular weight is 195 g/mol. The molecule has 0 aromatic heterocycles. The SMILES string of the molecule is NCC1=CNC(N2CCNCC2)N=C1. The zero-order valence-electron chi connectivity index (χ0n) is 8.24. The molecule has 14 heavy (non-hydrogen) atoms. The molecule has 1 atom stereocenters. The third-order valence-corrected chi connectivity index (χ3v) is 2.53. The second-order valence-electron chi connectivity index (χ2n) is 3.53. The van der Waals surface area contributed by atoms with Crippen molar-refractivity contribution < 1.29 is 0 Å². The summed E-state index contributed by atoms with van der Waals surface area (Å²) in [6.07, 6.45) is 3.93. The van der Waals surface area contributed by atoms with Gasteiger partial charge < -0.3 is 16.4 Å². The fraction of sp³-hybridized carbons (Fsp3) is 0.667. The van der Waals surface area contributed by atoms with Crippen LogP contribution in [0, 0.1) is 0 Å². The van der Waals surface area contributed by atoms with E-state index in [9.17, 15) is 0 Å². The number of nitrogens with two attached hydrogens (primary N) is 1. The Kier molecular flexibility index (Phi) is 3.13. The van der Waals surface area contributed by atoms with Crippen LogP contribution in [0.15, 0.2) is 16.8 Å². The van der Waals surface area contributed by atoms with Gasteiger partial charge in [-0.1, -0.05) is 0 Å². The molecule has 2 aliphatic rings. The van der Waals surface area contributed by atoms with E-state index in [2.05, 4.69) is 20.5 Å². The van der Waals surface area contributed by atoms with E-state index in [0.717, 1.165) is 31.8 Å². The van der Waals surface area contributed by atoms with Crippen LogP contribution < -0.4 is 16.4 Å². The van der Waals surface area contributed by atoms with Crippen LogP contribution >= 0.6 is 0 Å². The van der Waals surface area contributed by atoms with Gasteiger partial charge in [0.1, 0.15) is 0 Å². The van der Waals surface area contributed by atoms with Crippen molar-refractivity contribution in [3.8, 4) is 0 Å². The van der Waals surface area contributed by atoms with Gasteiger partial charge in [0.25, 0.3) is 0 Å². The molecule has 0 amide bonds. The minimum atomic E-state index is 0.104. The van der Waals surface area contributed by atoms with E-state index in [4.69, 9.17) is 5.73 Å². The molecule has 0 aromatic rings. The van der Waals surface area contributed by atoms with Crippen molar-refractivity contribution >= 4 is 6.21 Å². The summed E-state index contributed by atoms with van der Waals surface area (Å²) >= 11 is 0. The van der Waals surface area contributed by atoms with Gasteiger partial charge in [0, 0.05) is 45.1 Å². The monoisotopic (exact) mass is 195 g/mol. The normalized spacial score (nSPS) is 28.4. The van der Waals surface area contributed by atoms with Crippen molar-refractivity contribution in [1.29, 1.82) is 0 Å². The van der Waals surface area contributed by atoms with Crippen molar-refractivity contribution in [1.82, 2.24) is 15.5 Å². The summed E-state index contributed by atoms with van der Waals surface area (Å²) in [5.74, 6) is 0. The van der Waals surface area contributed by atoms with Crippen molar-refractivity contribution in [2.45, 2.75) is 6.29 Å². The Balaban J connectivity index is 1.89. The number of hydrogen-bond acceptors (Lipinski definition) is 5. The Morgan fingerprint density at radius 3 is 2.86 bits per heavy atom. The molecule has 4 N–H and O–H groups in total. The molecular formula is C9H17N5. The number of rotatable bonds is 2. The predicted octanol–water partition coefficient (Wildman–Crippen LogP) is -1.31. The van der Waals surface area contributed by atoms with Crippen LogP contribution in [0.2, 0.25) is 0 Å². The topological polar surface area (TPSA) is 65.7 Å². The van der Waals surface area contributed by atoms with E-state index in [1.807, 2.05) is 12.4 Å². The van der Waals surface area contributed by atoms with Gasteiger partial charge in [-0.05, 0) is 5.57 Å². The predicted molar refractivity (Wildman–Crippen MR) is 57.0 cm³/mol. The van der Waals surface area contributed by atoms with E-state index in [-0.39, 0.29) is 6.29 Å². The molecule has 2 rings (SSSR count). The molecule has 2 heterocycles. The first-order valence-corrected chi connectivity index (χ1v) is 5.03. The summed E-state index contributed by atoms with van der Waals surface area (Å²) in [4.78, 5) is 6.74. The van der Waals surface area contributed by atoms with E-state index < -0.39 is 0 Å². The molecular weight excluding hydrogens is 178 g/mol. The van der Waals surface area contributed by atoms with Crippen molar-refractivity contribution in [3.63, 3.8) is 0 Å². The summed E-state index contributed by atoms with van der Waals surface area (Å²) in [5.41, 5.74) is 6.56. The van der Waals surface area contributed by atoms with Crippen LogP contribution in [-0.4, -0.2) is 50.1 Å². The fourth-order valence-electron chi connectivity index (χ4n) is 1.67. The zero-order chi connectivity index (χ0) is 9.80. The molecule has 0 aromatic carbocycles. The smallest absolute Gasteiger partial charge is 0.175 e. The molecule has 5 heteroatoms. The zero-order valence-corrected chi connectivity index (χ0v) is 8.24. The van der Waals surface area contributed by atoms with E-state index in [1.54, 1.807) is 0 Å². The average Bonchev–Trinajstić information content (AvgIpc) is 2.30. The van der Waals surface area contributed by atoms with Crippen LogP contribution in [0.1, 0.15) is 0 Å². The van der Waals surface area contributed by atoms with Crippen LogP contribution in [-0.2, 0) is 0 Å². The molecule has 78 valence electrons. The van der Waals surface area contributed by atoms with Crippen LogP contribution in [0.3, 0.4) is 0 Å². The fourth-order valence-corrected chi connectivity index (χ4v) is 1.67. The van der Waals surface area contributed by atoms with Crippen LogP contribution in [0.5, 0.6) is 0 Å². The van der Waals surface area contributed by atoms with E-state index in [1.165, 1.54) is 0 Å². The summed E-state index contributed by atoms with van der Waals surface area (Å²) in [6, 6.07) is 0. The lowest BCUT2D eigenvalue weighted by molar-refractivity contribution is 0.162. The molecule has 1 saturated heterocycles. The van der Waals surface area contributed by atoms with Gasteiger partial charge in [0.2, 0.25) is 0 Å². The number of piperazine rings is 1. The van der Waals surface area contributed by atoms with Crippen LogP contribution in [0.4, 0.5) is 0 Å². The summed E-state index contributed by atoms with van der Waals surface area (Å²) in [7, 11) is 0. The van der Waals surface area contributed by atoms with Gasteiger partial charge in [0.15, 0.2) is 6.29 Å². The van der Waals surface area contributed by atoms with Gasteiger partial charge in [0.05, 0.1) is 0 Å². The molecule has 0 bridgehead atoms. The maximum atomic E-state index is 5.50. The summed E-state index contributed by atoms with van der Waals surface area (Å²) in [6.45, 7) is 4.72. The van der Waals surface area contributed by atoms with Gasteiger partial charge in [-0.25, -0.2) is 0 Å². The second-order valence-corrected chi connectivity index (χ2v) is 3.53. The third-order valence-electron chi connectivity index (χ3n) is 2.53. The highest BCUT2D eigenvalue weighted by Crippen LogP contribution is 2.04. The standard InChI is InChI=1S/C9H17N5/c10-5-8-6-12-9(13-7-8)14-3-1-11-2-4-14/h6-7,9,11-12H,1-5,10H2. The minimum Gasteiger partial charge on any atom is -0.357 e. The molecule has 0 spiro atoms. The largest absolute Gasteiger partial charge is 0.357 e. The number of nitrogens with zero attached hydrogens (tertiary/aromatic N) is 2. The number of nitrogens with one attached hydrogen (secondary N) is 2. The Bertz CT molecular complexity index is 242. The van der Waals surface area contributed by atoms with Gasteiger partial charge in [-0.3, -0.25) is 9.89 Å². The molecule has 0 saturated carbocycles. The highest BCUT2D eigenvalue weighted by molar-refractivity contribution is 5.79. The minimum absolute atomic E-state index is 0.104. The quantitative estimate of drug-likeness (QED) is 0.512. The van der Waals surface area contributed by atoms with Gasteiger partial charge in [-0.2, -0.15) is 0 Å². The highest BCUT2D eigenvalue weighted by atomic mass is 15.4. The molecule has 2 aliphatic heterocycles. The first-order chi connectivity index (χ1) is 6.90. The summed E-state index contributed by atoms with van der Waals surface area (Å²) < 4.78 is 0. The third kappa shape index (κ3) is 2.12. The number of aliphatic imine (C=N–C) groups is 1. The maximum absolute atomic E-state index is 5.50. The molecule has 0 radical (unpaired) electrons. The highest BCUT2D eigenvalue weighted by Gasteiger charge is 2.19. The Morgan fingerprint density at radius 2 is 2.29 bits per heavy atom. The van der Waals surface area contributed by atoms with Crippen molar-refractivity contribution in [2.75, 3.05) is 32.7 Å². The van der Waals surface area contributed by atoms with E-state index in [0.29, 0.717) is 6.54 Å². The number of hydrogen-bond donors (Lipinski definition) is 3. The Labute approximate surface area is 84.1 Å². The van der Waals surface area contributed by atoms with Gasteiger partial charge in [-0.15, -0.1) is 0 Å². The Morgan fingerprint density at radius 1 is 1.50 bits per heavy atom. The summed E-state index contributed by atoms with van der Waals surface area (Å²) in [5, 5.41) is 6.57. The lowest BCUT2D eigenvalue weighted by Gasteiger charge is -2.33. The van der Waals surface area contributed by atoms with Crippen molar-refractivity contribution in [3.05, 3.63) is 11.8 Å². The lowest BCUT2D eigenvalue weighted by atomic mass is 10.3. The first-order valence-electron chi connectivity index (χ1n) is 5.03. The molecule has 0 aliphatic carbocycles. The van der Waals surface area contributed by atoms with Gasteiger partial charge >= 0.3 is 0 Å². The second kappa shape index (κ2) is 4.54. The molecule has 1 unspecified atom stereocenters. The lowest BCUT2D eigenvalue weighted by Crippen LogP contribution is -2.52. The van der Waals surface area contributed by atoms with E-state index >= 15 is 0 Å². The van der Waals surface area contributed by atoms with Crippen LogP contribution in [0.25, 0.3) is 0 Å². The molecule has 1 fully saturated rings. The maximum Gasteiger partial charge on any atom is 0.175 e. The first kappa shape index (κ1) is 9.64. The van der Waals surface area contributed by atoms with Crippen molar-refractivity contribution in [2.24, 2.45) is 10.7 Å². The molecule has 5 nitrogen and oxygen atoms in total. The Hall–Kier alpha value is -0.910.